The van der Waals surface area contributed by atoms with Crippen molar-refractivity contribution in [1.29, 1.82) is 0 Å². The number of hydrogen-bond donors (Lipinski definition) is 2. The van der Waals surface area contributed by atoms with Crippen molar-refractivity contribution < 1.29 is 9.59 Å². The summed E-state index contributed by atoms with van der Waals surface area (Å²) >= 11 is 6.04. The molecule has 2 heterocycles. The number of carbonyl (C=O) groups excluding carboxylic acids is 2. The van der Waals surface area contributed by atoms with Crippen molar-refractivity contribution in [1.82, 2.24) is 14.9 Å². The van der Waals surface area contributed by atoms with Crippen LogP contribution in [0.15, 0.2) is 54.7 Å². The monoisotopic (exact) mass is 449 g/mol. The van der Waals surface area contributed by atoms with E-state index in [0.717, 1.165) is 29.7 Å². The summed E-state index contributed by atoms with van der Waals surface area (Å²) < 4.78 is 0. The molecule has 1 saturated heterocycles. The first-order valence-electron chi connectivity index (χ1n) is 10.5. The minimum absolute atomic E-state index is 0.0425. The van der Waals surface area contributed by atoms with Gasteiger partial charge in [-0.15, -0.1) is 0 Å². The molecule has 1 aliphatic rings. The molecule has 0 bridgehead atoms. The normalized spacial score (nSPS) is 15.9. The van der Waals surface area contributed by atoms with Crippen LogP contribution in [0.25, 0.3) is 11.1 Å². The molecule has 32 heavy (non-hydrogen) atoms. The summed E-state index contributed by atoms with van der Waals surface area (Å²) in [7, 11) is 0. The van der Waals surface area contributed by atoms with Gasteiger partial charge >= 0.3 is 0 Å². The summed E-state index contributed by atoms with van der Waals surface area (Å²) in [4.78, 5) is 34.9. The Labute approximate surface area is 191 Å². The van der Waals surface area contributed by atoms with E-state index >= 15 is 0 Å². The van der Waals surface area contributed by atoms with Crippen LogP contribution >= 0.6 is 11.6 Å². The molecular formula is C24H24ClN5O2. The Morgan fingerprint density at radius 2 is 1.84 bits per heavy atom. The molecule has 1 fully saturated rings. The first kappa shape index (κ1) is 21.8. The van der Waals surface area contributed by atoms with Crippen molar-refractivity contribution in [3.05, 3.63) is 71.0 Å². The lowest BCUT2D eigenvalue weighted by Gasteiger charge is -2.33. The summed E-state index contributed by atoms with van der Waals surface area (Å²) in [5.74, 6) is 0.0692. The number of nitrogens with zero attached hydrogens (tertiary/aromatic N) is 3. The molecule has 7 nitrogen and oxygen atoms in total. The smallest absolute Gasteiger partial charge is 0.253 e. The molecule has 0 spiro atoms. The van der Waals surface area contributed by atoms with Crippen LogP contribution in [0.3, 0.4) is 0 Å². The number of benzene rings is 2. The van der Waals surface area contributed by atoms with Crippen LogP contribution in [0.1, 0.15) is 41.7 Å². The largest absolute Gasteiger partial charge is 0.368 e. The zero-order chi connectivity index (χ0) is 22.7. The van der Waals surface area contributed by atoms with Crippen LogP contribution in [0.2, 0.25) is 5.02 Å². The third-order valence-electron chi connectivity index (χ3n) is 5.54. The lowest BCUT2D eigenvalue weighted by atomic mass is 9.89. The fourth-order valence-electron chi connectivity index (χ4n) is 4.04. The average molecular weight is 450 g/mol. The van der Waals surface area contributed by atoms with Gasteiger partial charge < -0.3 is 16.0 Å². The first-order chi connectivity index (χ1) is 15.4. The molecule has 2 amide bonds. The van der Waals surface area contributed by atoms with Crippen molar-refractivity contribution >= 4 is 35.1 Å². The predicted octanol–water partition coefficient (Wildman–Crippen LogP) is 4.36. The molecule has 3 N–H and O–H groups in total. The average Bonchev–Trinajstić information content (AvgIpc) is 2.79. The van der Waals surface area contributed by atoms with Gasteiger partial charge in [0.25, 0.3) is 5.91 Å². The van der Waals surface area contributed by atoms with Crippen LogP contribution in [-0.2, 0) is 4.79 Å². The van der Waals surface area contributed by atoms with E-state index < -0.39 is 0 Å². The van der Waals surface area contributed by atoms with Crippen molar-refractivity contribution in [2.24, 2.45) is 0 Å². The number of nitrogens with two attached hydrogens (primary N) is 1. The maximum atomic E-state index is 13.1. The van der Waals surface area contributed by atoms with E-state index in [0.29, 0.717) is 29.4 Å². The summed E-state index contributed by atoms with van der Waals surface area (Å²) in [5.41, 5.74) is 9.86. The van der Waals surface area contributed by atoms with Crippen LogP contribution in [0.4, 0.5) is 11.6 Å². The minimum atomic E-state index is -0.149. The second kappa shape index (κ2) is 9.36. The Balaban J connectivity index is 1.56. The highest BCUT2D eigenvalue weighted by molar-refractivity contribution is 6.30. The number of aromatic nitrogens is 2. The second-order valence-electron chi connectivity index (χ2n) is 7.88. The zero-order valence-electron chi connectivity index (χ0n) is 17.7. The molecule has 1 atom stereocenters. The molecule has 0 saturated carbocycles. The standard InChI is InChI=1S/C24H24ClN5O2/c1-15(31)28-20-10-6-17(7-11-20)23(32)30-12-2-3-18(14-30)22-21(13-27-24(26)29-22)16-4-8-19(25)9-5-16/h4-11,13,18H,2-3,12,14H2,1H3,(H,28,31)(H2,26,27,29)/t18-/m1/s1. The Morgan fingerprint density at radius 1 is 1.12 bits per heavy atom. The lowest BCUT2D eigenvalue weighted by Crippen LogP contribution is -2.39. The van der Waals surface area contributed by atoms with Crippen molar-refractivity contribution in [2.75, 3.05) is 24.1 Å². The molecule has 3 aromatic rings. The lowest BCUT2D eigenvalue weighted by molar-refractivity contribution is -0.114. The summed E-state index contributed by atoms with van der Waals surface area (Å²) in [5, 5.41) is 3.37. The fourth-order valence-corrected chi connectivity index (χ4v) is 4.17. The van der Waals surface area contributed by atoms with Gasteiger partial charge in [0.2, 0.25) is 11.9 Å². The molecule has 8 heteroatoms. The first-order valence-corrected chi connectivity index (χ1v) is 10.8. The molecule has 0 unspecified atom stereocenters. The molecule has 2 aromatic carbocycles. The Hall–Kier alpha value is -3.45. The van der Waals surface area contributed by atoms with E-state index in [1.54, 1.807) is 30.5 Å². The van der Waals surface area contributed by atoms with E-state index in [1.165, 1.54) is 6.92 Å². The van der Waals surface area contributed by atoms with E-state index in [4.69, 9.17) is 17.3 Å². The number of rotatable bonds is 4. The number of halogens is 1. The highest BCUT2D eigenvalue weighted by Gasteiger charge is 2.28. The number of likely N-dealkylation sites (tertiary alicyclic amines) is 1. The van der Waals surface area contributed by atoms with Crippen LogP contribution in [0.5, 0.6) is 0 Å². The number of piperidine rings is 1. The van der Waals surface area contributed by atoms with Gasteiger partial charge in [-0.2, -0.15) is 0 Å². The quantitative estimate of drug-likeness (QED) is 0.616. The van der Waals surface area contributed by atoms with E-state index in [1.807, 2.05) is 29.2 Å². The van der Waals surface area contributed by atoms with Crippen molar-refractivity contribution in [3.8, 4) is 11.1 Å². The Morgan fingerprint density at radius 3 is 2.53 bits per heavy atom. The van der Waals surface area contributed by atoms with E-state index in [-0.39, 0.29) is 23.7 Å². The Bertz CT molecular complexity index is 1130. The third kappa shape index (κ3) is 4.89. The SMILES string of the molecule is CC(=O)Nc1ccc(C(=O)N2CCC[C@@H](c3nc(N)ncc3-c3ccc(Cl)cc3)C2)cc1. The second-order valence-corrected chi connectivity index (χ2v) is 8.32. The van der Waals surface area contributed by atoms with Crippen LogP contribution in [-0.4, -0.2) is 39.8 Å². The maximum Gasteiger partial charge on any atom is 0.253 e. The highest BCUT2D eigenvalue weighted by atomic mass is 35.5. The summed E-state index contributed by atoms with van der Waals surface area (Å²) in [6, 6.07) is 14.5. The minimum Gasteiger partial charge on any atom is -0.368 e. The van der Waals surface area contributed by atoms with Gasteiger partial charge in [-0.05, 0) is 54.8 Å². The summed E-state index contributed by atoms with van der Waals surface area (Å²) in [6.45, 7) is 2.67. The number of nitrogen functional groups attached to an aromatic ring is 1. The number of hydrogen-bond acceptors (Lipinski definition) is 5. The third-order valence-corrected chi connectivity index (χ3v) is 5.79. The van der Waals surface area contributed by atoms with Crippen molar-refractivity contribution in [2.45, 2.75) is 25.7 Å². The van der Waals surface area contributed by atoms with Gasteiger partial charge in [-0.3, -0.25) is 9.59 Å². The van der Waals surface area contributed by atoms with Gasteiger partial charge in [0.1, 0.15) is 0 Å². The molecule has 1 aliphatic heterocycles. The number of nitrogens with one attached hydrogen (secondary N) is 1. The van der Waals surface area contributed by atoms with Crippen LogP contribution < -0.4 is 11.1 Å². The summed E-state index contributed by atoms with van der Waals surface area (Å²) in [6.07, 6.45) is 3.51. The van der Waals surface area contributed by atoms with Crippen molar-refractivity contribution in [3.63, 3.8) is 0 Å². The Kier molecular flexibility index (Phi) is 6.37. The predicted molar refractivity (Wildman–Crippen MR) is 126 cm³/mol. The van der Waals surface area contributed by atoms with Crippen LogP contribution in [0, 0.1) is 0 Å². The zero-order valence-corrected chi connectivity index (χ0v) is 18.5. The van der Waals surface area contributed by atoms with Gasteiger partial charge in [0.15, 0.2) is 0 Å². The maximum absolute atomic E-state index is 13.1. The van der Waals surface area contributed by atoms with Gasteiger partial charge in [-0.1, -0.05) is 23.7 Å². The number of carbonyl (C=O) groups is 2. The van der Waals surface area contributed by atoms with Gasteiger partial charge in [0.05, 0.1) is 5.69 Å². The van der Waals surface area contributed by atoms with E-state index in [2.05, 4.69) is 15.3 Å². The number of amides is 2. The number of anilines is 2. The molecule has 4 rings (SSSR count). The molecule has 0 radical (unpaired) electrons. The molecule has 0 aliphatic carbocycles. The fraction of sp³-hybridized carbons (Fsp3) is 0.250. The van der Waals surface area contributed by atoms with E-state index in [9.17, 15) is 9.59 Å². The molecule has 164 valence electrons. The topological polar surface area (TPSA) is 101 Å². The highest BCUT2D eigenvalue weighted by Crippen LogP contribution is 2.34. The molecular weight excluding hydrogens is 426 g/mol. The van der Waals surface area contributed by atoms with Gasteiger partial charge in [-0.25, -0.2) is 9.97 Å². The van der Waals surface area contributed by atoms with Gasteiger partial charge in [0, 0.05) is 54.0 Å². The molecule has 1 aromatic heterocycles.